The number of ether oxygens (including phenoxy) is 1. The lowest BCUT2D eigenvalue weighted by atomic mass is 10.1. The molecule has 0 amide bonds. The second-order valence-corrected chi connectivity index (χ2v) is 4.38. The summed E-state index contributed by atoms with van der Waals surface area (Å²) in [4.78, 5) is 0. The molecule has 1 saturated heterocycles. The van der Waals surface area contributed by atoms with Gasteiger partial charge >= 0.3 is 0 Å². The lowest BCUT2D eigenvalue weighted by Crippen LogP contribution is -1.90. The van der Waals surface area contributed by atoms with E-state index in [-0.39, 0.29) is 0 Å². The van der Waals surface area contributed by atoms with Gasteiger partial charge in [0.25, 0.3) is 0 Å². The van der Waals surface area contributed by atoms with Crippen molar-refractivity contribution in [3.8, 4) is 0 Å². The summed E-state index contributed by atoms with van der Waals surface area (Å²) < 4.78 is 5.11. The molecular weight excluding hydrogens is 232 g/mol. The summed E-state index contributed by atoms with van der Waals surface area (Å²) in [5.74, 6) is 0. The molecule has 0 radical (unpaired) electrons. The summed E-state index contributed by atoms with van der Waals surface area (Å²) in [6, 6.07) is 19.9. The van der Waals surface area contributed by atoms with Crippen LogP contribution in [-0.4, -0.2) is 12.7 Å². The first-order valence-electron chi connectivity index (χ1n) is 5.70. The van der Waals surface area contributed by atoms with Gasteiger partial charge in [0, 0.05) is 11.4 Å². The molecule has 2 aromatic carbocycles. The van der Waals surface area contributed by atoms with Crippen molar-refractivity contribution in [2.75, 3.05) is 6.61 Å². The van der Waals surface area contributed by atoms with E-state index in [9.17, 15) is 0 Å². The number of hydrogen-bond donors (Lipinski definition) is 0. The average Bonchev–Trinajstić information content (AvgIpc) is 3.16. The van der Waals surface area contributed by atoms with Gasteiger partial charge in [-0.15, -0.1) is 0 Å². The van der Waals surface area contributed by atoms with Gasteiger partial charge < -0.3 is 4.74 Å². The predicted molar refractivity (Wildman–Crippen MR) is 71.3 cm³/mol. The van der Waals surface area contributed by atoms with Crippen molar-refractivity contribution in [1.82, 2.24) is 0 Å². The van der Waals surface area contributed by atoms with Crippen LogP contribution in [0.1, 0.15) is 5.56 Å². The number of hydrogen-bond acceptors (Lipinski definition) is 1. The third-order valence-electron chi connectivity index (χ3n) is 2.44. The van der Waals surface area contributed by atoms with E-state index >= 15 is 0 Å². The summed E-state index contributed by atoms with van der Waals surface area (Å²) in [6.45, 7) is 0.953. The van der Waals surface area contributed by atoms with Gasteiger partial charge in [0.2, 0.25) is 0 Å². The van der Waals surface area contributed by atoms with Gasteiger partial charge in [-0.1, -0.05) is 60.1 Å². The Hall–Kier alpha value is -1.31. The van der Waals surface area contributed by atoms with Gasteiger partial charge in [-0.25, -0.2) is 0 Å². The Kier molecular flexibility index (Phi) is 4.60. The van der Waals surface area contributed by atoms with Crippen LogP contribution in [0.2, 0.25) is 5.02 Å². The molecule has 1 fully saturated rings. The van der Waals surface area contributed by atoms with Crippen LogP contribution in [0.5, 0.6) is 0 Å². The highest BCUT2D eigenvalue weighted by molar-refractivity contribution is 6.30. The average molecular weight is 247 g/mol. The second-order valence-electron chi connectivity index (χ2n) is 3.94. The van der Waals surface area contributed by atoms with Crippen LogP contribution in [0.15, 0.2) is 60.7 Å². The van der Waals surface area contributed by atoms with E-state index in [1.807, 2.05) is 36.4 Å². The van der Waals surface area contributed by atoms with Gasteiger partial charge in [0.05, 0.1) is 12.7 Å². The Morgan fingerprint density at radius 3 is 1.88 bits per heavy atom. The fourth-order valence-electron chi connectivity index (χ4n) is 1.48. The van der Waals surface area contributed by atoms with Crippen LogP contribution in [0, 0.1) is 0 Å². The number of benzene rings is 2. The zero-order chi connectivity index (χ0) is 11.9. The minimum Gasteiger partial charge on any atom is -0.373 e. The number of halogens is 1. The molecule has 0 aromatic heterocycles. The van der Waals surface area contributed by atoms with Crippen LogP contribution >= 0.6 is 11.6 Å². The first-order chi connectivity index (χ1) is 8.34. The molecule has 0 saturated carbocycles. The van der Waals surface area contributed by atoms with Crippen molar-refractivity contribution in [2.24, 2.45) is 0 Å². The molecule has 3 rings (SSSR count). The fraction of sp³-hybridized carbons (Fsp3) is 0.200. The van der Waals surface area contributed by atoms with Crippen LogP contribution in [-0.2, 0) is 11.2 Å². The van der Waals surface area contributed by atoms with E-state index in [2.05, 4.69) is 24.3 Å². The van der Waals surface area contributed by atoms with E-state index in [4.69, 9.17) is 16.3 Å². The van der Waals surface area contributed by atoms with Crippen molar-refractivity contribution < 1.29 is 4.74 Å². The molecule has 2 aromatic rings. The van der Waals surface area contributed by atoms with E-state index in [1.165, 1.54) is 5.56 Å². The largest absolute Gasteiger partial charge is 0.373 e. The van der Waals surface area contributed by atoms with E-state index < -0.39 is 0 Å². The monoisotopic (exact) mass is 246 g/mol. The molecule has 0 bridgehead atoms. The van der Waals surface area contributed by atoms with E-state index in [1.54, 1.807) is 0 Å². The lowest BCUT2D eigenvalue weighted by Gasteiger charge is -1.93. The summed E-state index contributed by atoms with van der Waals surface area (Å²) in [5, 5.41) is 0.794. The molecule has 1 atom stereocenters. The van der Waals surface area contributed by atoms with Gasteiger partial charge in [-0.2, -0.15) is 0 Å². The molecule has 1 aliphatic rings. The molecule has 17 heavy (non-hydrogen) atoms. The van der Waals surface area contributed by atoms with Gasteiger partial charge in [0.1, 0.15) is 0 Å². The molecule has 0 aliphatic carbocycles. The quantitative estimate of drug-likeness (QED) is 0.731. The lowest BCUT2D eigenvalue weighted by molar-refractivity contribution is 0.407. The van der Waals surface area contributed by atoms with Crippen LogP contribution in [0.3, 0.4) is 0 Å². The molecule has 1 heterocycles. The SMILES string of the molecule is Clc1ccccc1.c1ccc(CC2CO2)cc1. The standard InChI is InChI=1S/C9H10O.C6H5Cl/c1-2-4-8(5-3-1)6-9-7-10-9;7-6-4-2-1-3-5-6/h1-5,9H,6-7H2;1-5H. The maximum atomic E-state index is 5.54. The maximum absolute atomic E-state index is 5.54. The zero-order valence-electron chi connectivity index (χ0n) is 9.55. The molecule has 1 nitrogen and oxygen atoms in total. The highest BCUT2D eigenvalue weighted by Gasteiger charge is 2.21. The molecular formula is C15H15ClO. The molecule has 2 heteroatoms. The Balaban J connectivity index is 0.000000136. The normalized spacial score (nSPS) is 16.9. The second kappa shape index (κ2) is 6.43. The first kappa shape index (κ1) is 12.2. The molecule has 88 valence electrons. The van der Waals surface area contributed by atoms with Crippen molar-refractivity contribution in [3.63, 3.8) is 0 Å². The first-order valence-corrected chi connectivity index (χ1v) is 6.08. The molecule has 1 unspecified atom stereocenters. The van der Waals surface area contributed by atoms with Crippen molar-refractivity contribution in [1.29, 1.82) is 0 Å². The fourth-order valence-corrected chi connectivity index (χ4v) is 1.62. The zero-order valence-corrected chi connectivity index (χ0v) is 10.3. The minimum atomic E-state index is 0.516. The Labute approximate surface area is 107 Å². The van der Waals surface area contributed by atoms with Crippen LogP contribution in [0.25, 0.3) is 0 Å². The number of epoxide rings is 1. The van der Waals surface area contributed by atoms with Crippen LogP contribution in [0.4, 0.5) is 0 Å². The maximum Gasteiger partial charge on any atom is 0.0850 e. The van der Waals surface area contributed by atoms with Gasteiger partial charge in [0.15, 0.2) is 0 Å². The smallest absolute Gasteiger partial charge is 0.0850 e. The topological polar surface area (TPSA) is 12.5 Å². The Morgan fingerprint density at radius 2 is 1.47 bits per heavy atom. The highest BCUT2D eigenvalue weighted by Crippen LogP contribution is 2.15. The summed E-state index contributed by atoms with van der Waals surface area (Å²) >= 11 is 5.54. The molecule has 0 spiro atoms. The third kappa shape index (κ3) is 5.03. The van der Waals surface area contributed by atoms with Crippen molar-refractivity contribution >= 4 is 11.6 Å². The van der Waals surface area contributed by atoms with Gasteiger partial charge in [-0.3, -0.25) is 0 Å². The van der Waals surface area contributed by atoms with Crippen molar-refractivity contribution in [2.45, 2.75) is 12.5 Å². The summed E-state index contributed by atoms with van der Waals surface area (Å²) in [5.41, 5.74) is 1.38. The highest BCUT2D eigenvalue weighted by atomic mass is 35.5. The molecule has 1 aliphatic heterocycles. The van der Waals surface area contributed by atoms with E-state index in [0.717, 1.165) is 18.1 Å². The predicted octanol–water partition coefficient (Wildman–Crippen LogP) is 3.97. The summed E-state index contributed by atoms with van der Waals surface area (Å²) in [7, 11) is 0. The Bertz CT molecular complexity index is 423. The Morgan fingerprint density at radius 1 is 0.941 bits per heavy atom. The van der Waals surface area contributed by atoms with E-state index in [0.29, 0.717) is 6.10 Å². The molecule has 0 N–H and O–H groups in total. The number of rotatable bonds is 2. The summed E-state index contributed by atoms with van der Waals surface area (Å²) in [6.07, 6.45) is 1.60. The minimum absolute atomic E-state index is 0.516. The van der Waals surface area contributed by atoms with Gasteiger partial charge in [-0.05, 0) is 17.7 Å². The third-order valence-corrected chi connectivity index (χ3v) is 2.69. The van der Waals surface area contributed by atoms with Crippen LogP contribution < -0.4 is 0 Å². The van der Waals surface area contributed by atoms with Crippen molar-refractivity contribution in [3.05, 3.63) is 71.2 Å².